The minimum atomic E-state index is 0.648. The second-order valence-corrected chi connectivity index (χ2v) is 5.37. The van der Waals surface area contributed by atoms with Crippen LogP contribution in [0.15, 0.2) is 42.5 Å². The van der Waals surface area contributed by atoms with Crippen LogP contribution >= 0.6 is 0 Å². The van der Waals surface area contributed by atoms with Crippen LogP contribution in [0, 0.1) is 0 Å². The summed E-state index contributed by atoms with van der Waals surface area (Å²) >= 11 is 0. The van der Waals surface area contributed by atoms with Crippen LogP contribution in [0.25, 0.3) is 11.1 Å². The molecule has 2 aromatic rings. The Morgan fingerprint density at radius 2 is 1.39 bits per heavy atom. The summed E-state index contributed by atoms with van der Waals surface area (Å²) < 4.78 is 10.5. The predicted molar refractivity (Wildman–Crippen MR) is 96.7 cm³/mol. The SMILES string of the molecule is COCCN(CCOC)c1ccc(N)cc1-c1ccc(N)cc1. The highest BCUT2D eigenvalue weighted by Gasteiger charge is 2.13. The first-order valence-corrected chi connectivity index (χ1v) is 7.64. The first-order valence-electron chi connectivity index (χ1n) is 7.64. The van der Waals surface area contributed by atoms with Gasteiger partial charge < -0.3 is 25.8 Å². The Kier molecular flexibility index (Phi) is 6.26. The maximum absolute atomic E-state index is 6.00. The quantitative estimate of drug-likeness (QED) is 0.733. The third-order valence-electron chi connectivity index (χ3n) is 3.71. The van der Waals surface area contributed by atoms with Crippen LogP contribution in [0.5, 0.6) is 0 Å². The van der Waals surface area contributed by atoms with Gasteiger partial charge in [-0.25, -0.2) is 0 Å². The molecule has 4 N–H and O–H groups in total. The minimum absolute atomic E-state index is 0.648. The van der Waals surface area contributed by atoms with Gasteiger partial charge in [0.15, 0.2) is 0 Å². The van der Waals surface area contributed by atoms with E-state index in [1.165, 1.54) is 0 Å². The summed E-state index contributed by atoms with van der Waals surface area (Å²) in [4.78, 5) is 2.25. The van der Waals surface area contributed by atoms with Crippen molar-refractivity contribution in [3.05, 3.63) is 42.5 Å². The van der Waals surface area contributed by atoms with E-state index in [4.69, 9.17) is 20.9 Å². The van der Waals surface area contributed by atoms with Gasteiger partial charge in [-0.15, -0.1) is 0 Å². The summed E-state index contributed by atoms with van der Waals surface area (Å²) in [6, 6.07) is 13.8. The van der Waals surface area contributed by atoms with E-state index in [1.807, 2.05) is 42.5 Å². The Hall–Kier alpha value is -2.24. The van der Waals surface area contributed by atoms with E-state index < -0.39 is 0 Å². The van der Waals surface area contributed by atoms with Gasteiger partial charge in [-0.3, -0.25) is 0 Å². The smallest absolute Gasteiger partial charge is 0.0637 e. The summed E-state index contributed by atoms with van der Waals surface area (Å²) in [6.45, 7) is 2.86. The second kappa shape index (κ2) is 8.41. The van der Waals surface area contributed by atoms with Gasteiger partial charge in [0.25, 0.3) is 0 Å². The third-order valence-corrected chi connectivity index (χ3v) is 3.71. The molecule has 0 saturated heterocycles. The van der Waals surface area contributed by atoms with E-state index in [1.54, 1.807) is 14.2 Å². The van der Waals surface area contributed by atoms with Crippen molar-refractivity contribution in [2.24, 2.45) is 0 Å². The molecule has 0 saturated carbocycles. The zero-order valence-electron chi connectivity index (χ0n) is 13.8. The van der Waals surface area contributed by atoms with Crippen molar-refractivity contribution < 1.29 is 9.47 Å². The zero-order valence-corrected chi connectivity index (χ0v) is 13.8. The number of benzene rings is 2. The molecule has 5 heteroatoms. The summed E-state index contributed by atoms with van der Waals surface area (Å²) in [5.41, 5.74) is 16.6. The number of methoxy groups -OCH3 is 2. The summed E-state index contributed by atoms with van der Waals surface area (Å²) in [5, 5.41) is 0. The first-order chi connectivity index (χ1) is 11.2. The summed E-state index contributed by atoms with van der Waals surface area (Å²) in [6.07, 6.45) is 0. The summed E-state index contributed by atoms with van der Waals surface area (Å²) in [5.74, 6) is 0. The molecule has 0 aromatic heterocycles. The molecule has 0 amide bonds. The fourth-order valence-electron chi connectivity index (χ4n) is 2.48. The molecule has 0 atom stereocenters. The molecule has 5 nitrogen and oxygen atoms in total. The molecule has 0 aliphatic carbocycles. The van der Waals surface area contributed by atoms with Gasteiger partial charge >= 0.3 is 0 Å². The van der Waals surface area contributed by atoms with Crippen molar-refractivity contribution in [3.8, 4) is 11.1 Å². The molecule has 124 valence electrons. The number of anilines is 3. The van der Waals surface area contributed by atoms with Gasteiger partial charge in [0.05, 0.1) is 13.2 Å². The number of nitrogens with two attached hydrogens (primary N) is 2. The molecule has 2 rings (SSSR count). The van der Waals surface area contributed by atoms with Crippen molar-refractivity contribution in [2.45, 2.75) is 0 Å². The van der Waals surface area contributed by atoms with Gasteiger partial charge in [-0.1, -0.05) is 12.1 Å². The largest absolute Gasteiger partial charge is 0.399 e. The Bertz CT molecular complexity index is 606. The van der Waals surface area contributed by atoms with Crippen molar-refractivity contribution in [3.63, 3.8) is 0 Å². The predicted octanol–water partition coefficient (Wildman–Crippen LogP) is 2.62. The average Bonchev–Trinajstić information content (AvgIpc) is 2.56. The van der Waals surface area contributed by atoms with Crippen LogP contribution in [-0.4, -0.2) is 40.5 Å². The molecule has 0 unspecified atom stereocenters. The van der Waals surface area contributed by atoms with Gasteiger partial charge in [0, 0.05) is 49.9 Å². The highest BCUT2D eigenvalue weighted by atomic mass is 16.5. The van der Waals surface area contributed by atoms with E-state index in [0.29, 0.717) is 13.2 Å². The van der Waals surface area contributed by atoms with Gasteiger partial charge in [-0.2, -0.15) is 0 Å². The van der Waals surface area contributed by atoms with Gasteiger partial charge in [0.2, 0.25) is 0 Å². The molecule has 2 aromatic carbocycles. The number of nitrogens with zero attached hydrogens (tertiary/aromatic N) is 1. The molecule has 0 aliphatic heterocycles. The second-order valence-electron chi connectivity index (χ2n) is 5.37. The number of nitrogen functional groups attached to an aromatic ring is 2. The lowest BCUT2D eigenvalue weighted by molar-refractivity contribution is 0.190. The lowest BCUT2D eigenvalue weighted by atomic mass is 10.0. The van der Waals surface area contributed by atoms with E-state index in [2.05, 4.69) is 4.90 Å². The number of ether oxygens (including phenoxy) is 2. The molecule has 23 heavy (non-hydrogen) atoms. The van der Waals surface area contributed by atoms with Gasteiger partial charge in [-0.05, 0) is 35.9 Å². The van der Waals surface area contributed by atoms with E-state index >= 15 is 0 Å². The van der Waals surface area contributed by atoms with Crippen LogP contribution in [0.3, 0.4) is 0 Å². The van der Waals surface area contributed by atoms with Crippen molar-refractivity contribution in [2.75, 3.05) is 56.9 Å². The van der Waals surface area contributed by atoms with E-state index in [0.717, 1.165) is 41.3 Å². The van der Waals surface area contributed by atoms with Crippen LogP contribution < -0.4 is 16.4 Å². The first kappa shape index (κ1) is 17.1. The maximum atomic E-state index is 6.00. The van der Waals surface area contributed by atoms with Crippen molar-refractivity contribution in [1.29, 1.82) is 0 Å². The maximum Gasteiger partial charge on any atom is 0.0637 e. The number of rotatable bonds is 8. The minimum Gasteiger partial charge on any atom is -0.399 e. The topological polar surface area (TPSA) is 73.7 Å². The Morgan fingerprint density at radius 3 is 1.96 bits per heavy atom. The Morgan fingerprint density at radius 1 is 0.826 bits per heavy atom. The van der Waals surface area contributed by atoms with Crippen LogP contribution in [0.1, 0.15) is 0 Å². The van der Waals surface area contributed by atoms with Crippen LogP contribution in [0.2, 0.25) is 0 Å². The highest BCUT2D eigenvalue weighted by Crippen LogP contribution is 2.33. The molecule has 0 aliphatic rings. The van der Waals surface area contributed by atoms with E-state index in [9.17, 15) is 0 Å². The third kappa shape index (κ3) is 4.61. The molecular formula is C18H25N3O2. The monoisotopic (exact) mass is 315 g/mol. The van der Waals surface area contributed by atoms with Gasteiger partial charge in [0.1, 0.15) is 0 Å². The molecule has 0 spiro atoms. The van der Waals surface area contributed by atoms with Crippen molar-refractivity contribution in [1.82, 2.24) is 0 Å². The molecule has 0 bridgehead atoms. The Labute approximate surface area is 137 Å². The van der Waals surface area contributed by atoms with Crippen LogP contribution in [-0.2, 0) is 9.47 Å². The van der Waals surface area contributed by atoms with Crippen molar-refractivity contribution >= 4 is 17.1 Å². The Balaban J connectivity index is 2.40. The standard InChI is InChI=1S/C18H25N3O2/c1-22-11-9-21(10-12-23-2)18-8-7-16(20)13-17(18)14-3-5-15(19)6-4-14/h3-8,13H,9-12,19-20H2,1-2H3. The fourth-order valence-corrected chi connectivity index (χ4v) is 2.48. The highest BCUT2D eigenvalue weighted by molar-refractivity contribution is 5.82. The van der Waals surface area contributed by atoms with Crippen LogP contribution in [0.4, 0.5) is 17.1 Å². The zero-order chi connectivity index (χ0) is 16.7. The summed E-state index contributed by atoms with van der Waals surface area (Å²) in [7, 11) is 3.41. The fraction of sp³-hybridized carbons (Fsp3) is 0.333. The lowest BCUT2D eigenvalue weighted by Gasteiger charge is -2.27. The molecular weight excluding hydrogens is 290 g/mol. The molecule has 0 heterocycles. The molecule has 0 fully saturated rings. The molecule has 0 radical (unpaired) electrons. The average molecular weight is 315 g/mol. The normalized spacial score (nSPS) is 10.7. The number of hydrogen-bond acceptors (Lipinski definition) is 5. The number of hydrogen-bond donors (Lipinski definition) is 2. The lowest BCUT2D eigenvalue weighted by Crippen LogP contribution is -2.31. The van der Waals surface area contributed by atoms with E-state index in [-0.39, 0.29) is 0 Å².